The van der Waals surface area contributed by atoms with Crippen LogP contribution in [0, 0.1) is 6.92 Å². The lowest BCUT2D eigenvalue weighted by atomic mass is 10.1. The lowest BCUT2D eigenvalue weighted by molar-refractivity contribution is -0.136. The molecule has 0 bridgehead atoms. The zero-order chi connectivity index (χ0) is 23.9. The smallest absolute Gasteiger partial charge is 0.307 e. The van der Waals surface area contributed by atoms with E-state index in [0.29, 0.717) is 12.2 Å². The topological polar surface area (TPSA) is 75.1 Å². The Morgan fingerprint density at radius 3 is 2.50 bits per heavy atom. The van der Waals surface area contributed by atoms with Gasteiger partial charge < -0.3 is 10.4 Å². The number of hydrogen-bond acceptors (Lipinski definition) is 5. The largest absolute Gasteiger partial charge is 0.481 e. The number of anilines is 2. The highest BCUT2D eigenvalue weighted by molar-refractivity contribution is 7.16. The minimum Gasteiger partial charge on any atom is -0.481 e. The molecule has 0 saturated heterocycles. The van der Waals surface area contributed by atoms with Crippen LogP contribution in [0.4, 0.5) is 11.5 Å². The molecular formula is C28H25N3O2S. The van der Waals surface area contributed by atoms with E-state index in [1.165, 1.54) is 0 Å². The number of thiophene rings is 1. The Kier molecular flexibility index (Phi) is 7.30. The van der Waals surface area contributed by atoms with Gasteiger partial charge in [-0.2, -0.15) is 0 Å². The summed E-state index contributed by atoms with van der Waals surface area (Å²) in [4.78, 5) is 22.7. The lowest BCUT2D eigenvalue weighted by Crippen LogP contribution is -2.05. The van der Waals surface area contributed by atoms with Crippen LogP contribution < -0.4 is 5.32 Å². The summed E-state index contributed by atoms with van der Waals surface area (Å²) in [6, 6.07) is 21.7. The Labute approximate surface area is 203 Å². The summed E-state index contributed by atoms with van der Waals surface area (Å²) in [7, 11) is 0. The SMILES string of the molecule is C=CCc1c(C)nc(-c2ccc(/C=C/c3ccccc3)s2)nc1Nc1ccc(CC(=O)O)cc1. The minimum absolute atomic E-state index is 0.00180. The molecule has 0 aliphatic rings. The summed E-state index contributed by atoms with van der Waals surface area (Å²) in [5, 5.41) is 12.4. The second-order valence-electron chi connectivity index (χ2n) is 7.79. The Hall–Kier alpha value is -4.03. The van der Waals surface area contributed by atoms with Gasteiger partial charge in [-0.25, -0.2) is 9.97 Å². The van der Waals surface area contributed by atoms with Crippen LogP contribution in [0.2, 0.25) is 0 Å². The number of carboxylic acid groups (broad SMARTS) is 1. The van der Waals surface area contributed by atoms with Crippen LogP contribution in [0.25, 0.3) is 22.9 Å². The Balaban J connectivity index is 1.61. The van der Waals surface area contributed by atoms with Gasteiger partial charge in [-0.05, 0) is 54.8 Å². The van der Waals surface area contributed by atoms with Gasteiger partial charge in [0.2, 0.25) is 0 Å². The van der Waals surface area contributed by atoms with Crippen molar-refractivity contribution in [2.75, 3.05) is 5.32 Å². The Morgan fingerprint density at radius 2 is 1.79 bits per heavy atom. The Morgan fingerprint density at radius 1 is 1.03 bits per heavy atom. The molecule has 170 valence electrons. The number of aliphatic carboxylic acids is 1. The molecule has 0 atom stereocenters. The lowest BCUT2D eigenvalue weighted by Gasteiger charge is -2.14. The quantitative estimate of drug-likeness (QED) is 0.265. The highest BCUT2D eigenvalue weighted by Crippen LogP contribution is 2.31. The normalized spacial score (nSPS) is 11.0. The predicted octanol–water partition coefficient (Wildman–Crippen LogP) is 6.78. The molecule has 5 nitrogen and oxygen atoms in total. The van der Waals surface area contributed by atoms with E-state index in [9.17, 15) is 4.79 Å². The van der Waals surface area contributed by atoms with E-state index in [4.69, 9.17) is 15.1 Å². The number of nitrogens with one attached hydrogen (secondary N) is 1. The molecule has 0 radical (unpaired) electrons. The van der Waals surface area contributed by atoms with E-state index in [0.717, 1.165) is 43.6 Å². The van der Waals surface area contributed by atoms with Crippen molar-refractivity contribution >= 4 is 41.0 Å². The predicted molar refractivity (Wildman–Crippen MR) is 140 cm³/mol. The molecular weight excluding hydrogens is 442 g/mol. The molecule has 34 heavy (non-hydrogen) atoms. The van der Waals surface area contributed by atoms with E-state index in [1.807, 2.05) is 61.5 Å². The number of carbonyl (C=O) groups is 1. The summed E-state index contributed by atoms with van der Waals surface area (Å²) in [5.74, 6) is 0.543. The average molecular weight is 468 g/mol. The molecule has 0 amide bonds. The van der Waals surface area contributed by atoms with Gasteiger partial charge in [0, 0.05) is 21.8 Å². The number of nitrogens with zero attached hydrogens (tertiary/aromatic N) is 2. The van der Waals surface area contributed by atoms with Gasteiger partial charge in [0.15, 0.2) is 5.82 Å². The molecule has 0 aliphatic heterocycles. The van der Waals surface area contributed by atoms with Crippen molar-refractivity contribution in [3.8, 4) is 10.7 Å². The zero-order valence-corrected chi connectivity index (χ0v) is 19.7. The molecule has 2 N–H and O–H groups in total. The first-order chi connectivity index (χ1) is 16.5. The van der Waals surface area contributed by atoms with Gasteiger partial charge in [-0.1, -0.05) is 54.6 Å². The number of aryl methyl sites for hydroxylation is 1. The van der Waals surface area contributed by atoms with Crippen LogP contribution in [0.5, 0.6) is 0 Å². The number of carboxylic acids is 1. The third kappa shape index (κ3) is 5.85. The molecule has 2 heterocycles. The number of rotatable bonds is 9. The van der Waals surface area contributed by atoms with Gasteiger partial charge >= 0.3 is 5.97 Å². The van der Waals surface area contributed by atoms with Crippen LogP contribution in [0.1, 0.15) is 27.3 Å². The fraction of sp³-hybridized carbons (Fsp3) is 0.107. The van der Waals surface area contributed by atoms with E-state index in [-0.39, 0.29) is 6.42 Å². The van der Waals surface area contributed by atoms with Gasteiger partial charge in [0.25, 0.3) is 0 Å². The molecule has 0 unspecified atom stereocenters. The second kappa shape index (κ2) is 10.7. The molecule has 0 saturated carbocycles. The van der Waals surface area contributed by atoms with Crippen molar-refractivity contribution in [2.24, 2.45) is 0 Å². The van der Waals surface area contributed by atoms with Crippen LogP contribution in [0.3, 0.4) is 0 Å². The van der Waals surface area contributed by atoms with Gasteiger partial charge in [-0.15, -0.1) is 17.9 Å². The summed E-state index contributed by atoms with van der Waals surface area (Å²) < 4.78 is 0. The van der Waals surface area contributed by atoms with Gasteiger partial charge in [0.05, 0.1) is 11.3 Å². The standard InChI is InChI=1S/C28H25N3O2S/c1-3-7-24-19(2)29-28(25-17-16-23(34-25)15-12-20-8-5-4-6-9-20)31-27(24)30-22-13-10-21(11-14-22)18-26(32)33/h3-6,8-17H,1,7,18H2,2H3,(H,32,33)(H,29,30,31)/b15-12+. The molecule has 0 aliphatic carbocycles. The number of allylic oxidation sites excluding steroid dienone is 1. The summed E-state index contributed by atoms with van der Waals surface area (Å²) in [6.07, 6.45) is 6.67. The maximum Gasteiger partial charge on any atom is 0.307 e. The van der Waals surface area contributed by atoms with Gasteiger partial charge in [-0.3, -0.25) is 4.79 Å². The molecule has 4 rings (SSSR count). The average Bonchev–Trinajstić information content (AvgIpc) is 3.30. The molecule has 6 heteroatoms. The maximum atomic E-state index is 10.9. The van der Waals surface area contributed by atoms with Crippen LogP contribution in [0.15, 0.2) is 79.4 Å². The number of hydrogen-bond donors (Lipinski definition) is 2. The van der Waals surface area contributed by atoms with Crippen LogP contribution in [-0.2, 0) is 17.6 Å². The molecule has 0 spiro atoms. The molecule has 4 aromatic rings. The first-order valence-electron chi connectivity index (χ1n) is 10.9. The first-order valence-corrected chi connectivity index (χ1v) is 11.7. The third-order valence-corrected chi connectivity index (χ3v) is 6.27. The molecule has 0 fully saturated rings. The van der Waals surface area contributed by atoms with Crippen molar-refractivity contribution in [3.05, 3.63) is 107 Å². The molecule has 2 aromatic carbocycles. The molecule has 2 aromatic heterocycles. The fourth-order valence-corrected chi connectivity index (χ4v) is 4.37. The van der Waals surface area contributed by atoms with Crippen molar-refractivity contribution in [2.45, 2.75) is 19.8 Å². The van der Waals surface area contributed by atoms with E-state index in [2.05, 4.69) is 42.2 Å². The second-order valence-corrected chi connectivity index (χ2v) is 8.91. The highest BCUT2D eigenvalue weighted by Gasteiger charge is 2.14. The van der Waals surface area contributed by atoms with Crippen molar-refractivity contribution in [3.63, 3.8) is 0 Å². The van der Waals surface area contributed by atoms with Crippen molar-refractivity contribution in [1.82, 2.24) is 9.97 Å². The van der Waals surface area contributed by atoms with Crippen molar-refractivity contribution in [1.29, 1.82) is 0 Å². The van der Waals surface area contributed by atoms with E-state index >= 15 is 0 Å². The van der Waals surface area contributed by atoms with Crippen LogP contribution >= 0.6 is 11.3 Å². The number of benzene rings is 2. The maximum absolute atomic E-state index is 10.9. The fourth-order valence-electron chi connectivity index (χ4n) is 3.52. The first kappa shape index (κ1) is 23.1. The minimum atomic E-state index is -0.848. The number of aromatic nitrogens is 2. The zero-order valence-electron chi connectivity index (χ0n) is 18.9. The van der Waals surface area contributed by atoms with Crippen LogP contribution in [-0.4, -0.2) is 21.0 Å². The van der Waals surface area contributed by atoms with E-state index in [1.54, 1.807) is 11.3 Å². The van der Waals surface area contributed by atoms with Gasteiger partial charge in [0.1, 0.15) is 5.82 Å². The summed E-state index contributed by atoms with van der Waals surface area (Å²) in [6.45, 7) is 5.85. The summed E-state index contributed by atoms with van der Waals surface area (Å²) in [5.41, 5.74) is 4.61. The summed E-state index contributed by atoms with van der Waals surface area (Å²) >= 11 is 1.64. The Bertz CT molecular complexity index is 1330. The van der Waals surface area contributed by atoms with E-state index < -0.39 is 5.97 Å². The highest BCUT2D eigenvalue weighted by atomic mass is 32.1. The monoisotopic (exact) mass is 467 g/mol. The van der Waals surface area contributed by atoms with Crippen molar-refractivity contribution < 1.29 is 9.90 Å². The third-order valence-electron chi connectivity index (χ3n) is 5.22.